The van der Waals surface area contributed by atoms with Gasteiger partial charge in [-0.3, -0.25) is 9.88 Å². The Kier molecular flexibility index (Phi) is 4.57. The van der Waals surface area contributed by atoms with Crippen LogP contribution >= 0.6 is 0 Å². The molecule has 2 heterocycles. The van der Waals surface area contributed by atoms with Crippen molar-refractivity contribution in [1.82, 2.24) is 15.2 Å². The average molecular weight is 310 g/mol. The molecule has 2 atom stereocenters. The summed E-state index contributed by atoms with van der Waals surface area (Å²) in [6, 6.07) is 14.1. The van der Waals surface area contributed by atoms with Crippen LogP contribution in [0.25, 0.3) is 0 Å². The van der Waals surface area contributed by atoms with Crippen LogP contribution in [0, 0.1) is 6.92 Å². The topological polar surface area (TPSA) is 57.3 Å². The van der Waals surface area contributed by atoms with Crippen LogP contribution in [-0.2, 0) is 0 Å². The van der Waals surface area contributed by atoms with E-state index in [1.165, 1.54) is 5.56 Å². The highest BCUT2D eigenvalue weighted by Gasteiger charge is 2.33. The minimum Gasteiger partial charge on any atom is -0.333 e. The predicted octanol–water partition coefficient (Wildman–Crippen LogP) is 2.96. The van der Waals surface area contributed by atoms with E-state index in [1.54, 1.807) is 12.3 Å². The maximum Gasteiger partial charge on any atom is 0.319 e. The molecule has 2 N–H and O–H groups in total. The van der Waals surface area contributed by atoms with Crippen LogP contribution in [0.2, 0.25) is 0 Å². The zero-order valence-corrected chi connectivity index (χ0v) is 13.5. The molecule has 0 radical (unpaired) electrons. The fraction of sp³-hybridized carbons (Fsp3) is 0.333. The summed E-state index contributed by atoms with van der Waals surface area (Å²) >= 11 is 0. The number of carbonyl (C=O) groups excluding carboxylic acids is 1. The van der Waals surface area contributed by atoms with Crippen LogP contribution in [0.1, 0.15) is 23.7 Å². The molecule has 0 saturated carbocycles. The zero-order chi connectivity index (χ0) is 16.2. The third kappa shape index (κ3) is 3.68. The van der Waals surface area contributed by atoms with Gasteiger partial charge in [-0.25, -0.2) is 4.79 Å². The van der Waals surface area contributed by atoms with Crippen molar-refractivity contribution in [2.45, 2.75) is 25.4 Å². The van der Waals surface area contributed by atoms with Crippen molar-refractivity contribution in [3.05, 3.63) is 59.9 Å². The van der Waals surface area contributed by atoms with Gasteiger partial charge in [0.1, 0.15) is 0 Å². The number of hydrogen-bond acceptors (Lipinski definition) is 3. The zero-order valence-electron chi connectivity index (χ0n) is 13.5. The van der Waals surface area contributed by atoms with Gasteiger partial charge in [-0.15, -0.1) is 0 Å². The lowest BCUT2D eigenvalue weighted by molar-refractivity contribution is 0.240. The fourth-order valence-corrected chi connectivity index (χ4v) is 3.19. The Morgan fingerprint density at radius 2 is 2.04 bits per heavy atom. The maximum atomic E-state index is 12.3. The van der Waals surface area contributed by atoms with Crippen molar-refractivity contribution < 1.29 is 4.79 Å². The summed E-state index contributed by atoms with van der Waals surface area (Å²) in [7, 11) is 2.10. The number of aromatic nitrogens is 1. The molecule has 5 heteroatoms. The molecule has 2 aromatic rings. The number of amides is 2. The summed E-state index contributed by atoms with van der Waals surface area (Å²) in [6.45, 7) is 2.87. The third-order valence-electron chi connectivity index (χ3n) is 4.26. The molecule has 0 aliphatic carbocycles. The molecule has 0 spiro atoms. The van der Waals surface area contributed by atoms with E-state index in [-0.39, 0.29) is 18.1 Å². The Balaban J connectivity index is 1.67. The SMILES string of the molecule is Cc1cc(NC(=O)N[C@H]2CCN(C)[C@H]2c2ccccc2)ccn1. The molecule has 1 saturated heterocycles. The number of carbonyl (C=O) groups is 1. The monoisotopic (exact) mass is 310 g/mol. The van der Waals surface area contributed by atoms with Crippen molar-refractivity contribution in [3.8, 4) is 0 Å². The van der Waals surface area contributed by atoms with Crippen molar-refractivity contribution in [1.29, 1.82) is 0 Å². The number of benzene rings is 1. The molecule has 5 nitrogen and oxygen atoms in total. The smallest absolute Gasteiger partial charge is 0.319 e. The van der Waals surface area contributed by atoms with Gasteiger partial charge in [0.15, 0.2) is 0 Å². The van der Waals surface area contributed by atoms with Gasteiger partial charge in [-0.1, -0.05) is 30.3 Å². The minimum atomic E-state index is -0.170. The van der Waals surface area contributed by atoms with Gasteiger partial charge in [0, 0.05) is 24.1 Å². The van der Waals surface area contributed by atoms with E-state index in [0.29, 0.717) is 0 Å². The number of rotatable bonds is 3. The van der Waals surface area contributed by atoms with Gasteiger partial charge in [0.2, 0.25) is 0 Å². The first-order valence-electron chi connectivity index (χ1n) is 7.89. The fourth-order valence-electron chi connectivity index (χ4n) is 3.19. The van der Waals surface area contributed by atoms with Gasteiger partial charge < -0.3 is 10.6 Å². The predicted molar refractivity (Wildman–Crippen MR) is 91.3 cm³/mol. The lowest BCUT2D eigenvalue weighted by Gasteiger charge is -2.26. The van der Waals surface area contributed by atoms with Crippen molar-refractivity contribution in [2.24, 2.45) is 0 Å². The van der Waals surface area contributed by atoms with Crippen LogP contribution in [0.15, 0.2) is 48.7 Å². The molecule has 1 aliphatic rings. The van der Waals surface area contributed by atoms with E-state index >= 15 is 0 Å². The average Bonchev–Trinajstić information content (AvgIpc) is 2.88. The highest BCUT2D eigenvalue weighted by Crippen LogP contribution is 2.30. The molecule has 1 aromatic carbocycles. The highest BCUT2D eigenvalue weighted by molar-refractivity contribution is 5.89. The Labute approximate surface area is 136 Å². The number of anilines is 1. The van der Waals surface area contributed by atoms with Crippen LogP contribution in [-0.4, -0.2) is 35.5 Å². The normalized spacial score (nSPS) is 21.1. The summed E-state index contributed by atoms with van der Waals surface area (Å²) in [5.74, 6) is 0. The molecule has 1 aliphatic heterocycles. The summed E-state index contributed by atoms with van der Waals surface area (Å²) in [6.07, 6.45) is 2.64. The van der Waals surface area contributed by atoms with E-state index in [4.69, 9.17) is 0 Å². The molecule has 120 valence electrons. The summed E-state index contributed by atoms with van der Waals surface area (Å²) in [5.41, 5.74) is 2.88. The van der Waals surface area contributed by atoms with Crippen molar-refractivity contribution in [2.75, 3.05) is 18.9 Å². The Hall–Kier alpha value is -2.40. The number of urea groups is 1. The van der Waals surface area contributed by atoms with Gasteiger partial charge >= 0.3 is 6.03 Å². The first kappa shape index (κ1) is 15.5. The highest BCUT2D eigenvalue weighted by atomic mass is 16.2. The van der Waals surface area contributed by atoms with E-state index < -0.39 is 0 Å². The first-order valence-corrected chi connectivity index (χ1v) is 7.89. The lowest BCUT2D eigenvalue weighted by Crippen LogP contribution is -2.41. The van der Waals surface area contributed by atoms with Gasteiger partial charge in [-0.05, 0) is 38.1 Å². The molecular formula is C18H22N4O. The number of pyridine rings is 1. The van der Waals surface area contributed by atoms with E-state index in [1.807, 2.05) is 31.2 Å². The molecule has 0 bridgehead atoms. The molecule has 3 rings (SSSR count). The lowest BCUT2D eigenvalue weighted by atomic mass is 10.0. The Morgan fingerprint density at radius 1 is 1.26 bits per heavy atom. The quantitative estimate of drug-likeness (QED) is 0.916. The van der Waals surface area contributed by atoms with Gasteiger partial charge in [-0.2, -0.15) is 0 Å². The van der Waals surface area contributed by atoms with Crippen LogP contribution in [0.3, 0.4) is 0 Å². The molecule has 0 unspecified atom stereocenters. The number of nitrogens with one attached hydrogen (secondary N) is 2. The first-order chi connectivity index (χ1) is 11.1. The summed E-state index contributed by atoms with van der Waals surface area (Å²) in [4.78, 5) is 18.7. The maximum absolute atomic E-state index is 12.3. The summed E-state index contributed by atoms with van der Waals surface area (Å²) < 4.78 is 0. The number of likely N-dealkylation sites (tertiary alicyclic amines) is 1. The third-order valence-corrected chi connectivity index (χ3v) is 4.26. The van der Waals surface area contributed by atoms with Crippen LogP contribution in [0.4, 0.5) is 10.5 Å². The van der Waals surface area contributed by atoms with Gasteiger partial charge in [0.25, 0.3) is 0 Å². The number of nitrogens with zero attached hydrogens (tertiary/aromatic N) is 2. The number of hydrogen-bond donors (Lipinski definition) is 2. The van der Waals surface area contributed by atoms with Crippen LogP contribution in [0.5, 0.6) is 0 Å². The van der Waals surface area contributed by atoms with Crippen molar-refractivity contribution in [3.63, 3.8) is 0 Å². The second kappa shape index (κ2) is 6.79. The summed E-state index contributed by atoms with van der Waals surface area (Å²) in [5, 5.41) is 6.00. The molecule has 23 heavy (non-hydrogen) atoms. The van der Waals surface area contributed by atoms with Crippen molar-refractivity contribution >= 4 is 11.7 Å². The second-order valence-corrected chi connectivity index (χ2v) is 6.02. The molecular weight excluding hydrogens is 288 g/mol. The van der Waals surface area contributed by atoms with E-state index in [9.17, 15) is 4.79 Å². The Morgan fingerprint density at radius 3 is 2.78 bits per heavy atom. The Bertz CT molecular complexity index is 674. The number of likely N-dealkylation sites (N-methyl/N-ethyl adjacent to an activating group) is 1. The molecule has 2 amide bonds. The molecule has 1 fully saturated rings. The van der Waals surface area contributed by atoms with E-state index in [0.717, 1.165) is 24.3 Å². The van der Waals surface area contributed by atoms with Crippen LogP contribution < -0.4 is 10.6 Å². The second-order valence-electron chi connectivity index (χ2n) is 6.02. The number of aryl methyl sites for hydroxylation is 1. The standard InChI is InChI=1S/C18H22N4O/c1-13-12-15(8-10-19-13)20-18(23)21-16-9-11-22(2)17(16)14-6-4-3-5-7-14/h3-8,10,12,16-17H,9,11H2,1-2H3,(H2,19,20,21,23)/t16-,17-/m0/s1. The minimum absolute atomic E-state index is 0.102. The van der Waals surface area contributed by atoms with Gasteiger partial charge in [0.05, 0.1) is 12.1 Å². The van der Waals surface area contributed by atoms with E-state index in [2.05, 4.69) is 39.7 Å². The largest absolute Gasteiger partial charge is 0.333 e. The molecule has 1 aromatic heterocycles.